The van der Waals surface area contributed by atoms with Crippen LogP contribution in [0.5, 0.6) is 0 Å². The molecule has 0 bridgehead atoms. The topological polar surface area (TPSA) is 66.3 Å². The number of aromatic nitrogens is 3. The van der Waals surface area contributed by atoms with Gasteiger partial charge in [0.25, 0.3) is 0 Å². The number of alkyl halides is 3. The van der Waals surface area contributed by atoms with Crippen molar-refractivity contribution in [1.29, 1.82) is 0 Å². The second-order valence-corrected chi connectivity index (χ2v) is 10.6. The molecule has 2 aromatic carbocycles. The van der Waals surface area contributed by atoms with Gasteiger partial charge in [0.15, 0.2) is 0 Å². The van der Waals surface area contributed by atoms with Crippen LogP contribution in [-0.2, 0) is 11.0 Å². The number of rotatable bonds is 5. The van der Waals surface area contributed by atoms with Crippen LogP contribution in [0, 0.1) is 17.6 Å². The molecule has 7 nitrogen and oxygen atoms in total. The maximum Gasteiger partial charge on any atom is 0.416 e. The summed E-state index contributed by atoms with van der Waals surface area (Å²) < 4.78 is 70.5. The van der Waals surface area contributed by atoms with Crippen LogP contribution in [-0.4, -0.2) is 110 Å². The molecule has 5 rings (SSSR count). The molecule has 20 heteroatoms. The first-order valence-electron chi connectivity index (χ1n) is 12.5. The number of amides is 1. The van der Waals surface area contributed by atoms with Gasteiger partial charge in [0.2, 0.25) is 11.9 Å². The minimum Gasteiger partial charge on any atom is -0.393 e. The van der Waals surface area contributed by atoms with Crippen molar-refractivity contribution in [3.63, 3.8) is 0 Å². The van der Waals surface area contributed by atoms with Crippen LogP contribution in [0.15, 0.2) is 42.7 Å². The minimum absolute atomic E-state index is 0.0574. The number of nitrogens with zero attached hydrogens (tertiary/aromatic N) is 5. The van der Waals surface area contributed by atoms with Gasteiger partial charge in [-0.1, -0.05) is 0 Å². The quantitative estimate of drug-likeness (QED) is 0.354. The first-order valence-corrected chi connectivity index (χ1v) is 12.5. The average Bonchev–Trinajstić information content (AvgIpc) is 3.60. The van der Waals surface area contributed by atoms with Crippen LogP contribution in [0.3, 0.4) is 0 Å². The Morgan fingerprint density at radius 2 is 1.37 bits per heavy atom. The molecule has 43 heavy (non-hydrogen) atoms. The second kappa shape index (κ2) is 9.92. The second-order valence-electron chi connectivity index (χ2n) is 10.6. The number of hydrogen-bond donors (Lipinski definition) is 1. The van der Waals surface area contributed by atoms with Gasteiger partial charge in [-0.2, -0.15) is 18.2 Å². The summed E-state index contributed by atoms with van der Waals surface area (Å²) in [6.45, 7) is 0. The van der Waals surface area contributed by atoms with E-state index in [9.17, 15) is 26.7 Å². The smallest absolute Gasteiger partial charge is 0.393 e. The van der Waals surface area contributed by atoms with Crippen LogP contribution in [0.2, 0.25) is 0 Å². The maximum atomic E-state index is 14.1. The lowest BCUT2D eigenvalue weighted by atomic mass is 9.26. The zero-order chi connectivity index (χ0) is 31.9. The summed E-state index contributed by atoms with van der Waals surface area (Å²) in [6, 6.07) is 4.88. The van der Waals surface area contributed by atoms with Crippen LogP contribution in [0.4, 0.5) is 39.3 Å². The highest BCUT2D eigenvalue weighted by Gasteiger charge is 2.62. The molecule has 1 saturated carbocycles. The lowest BCUT2D eigenvalue weighted by molar-refractivity contribution is -0.138. The Balaban J connectivity index is 1.59. The molecule has 1 aliphatic carbocycles. The van der Waals surface area contributed by atoms with E-state index < -0.39 is 62.2 Å². The molecule has 3 aromatic rings. The van der Waals surface area contributed by atoms with Crippen molar-refractivity contribution in [2.24, 2.45) is 5.92 Å². The number of halogens is 5. The van der Waals surface area contributed by atoms with E-state index >= 15 is 0 Å². The van der Waals surface area contributed by atoms with E-state index in [-0.39, 0.29) is 17.3 Å². The summed E-state index contributed by atoms with van der Waals surface area (Å²) in [4.78, 5) is 18.2. The number of piperazine rings is 1. The van der Waals surface area contributed by atoms with E-state index in [2.05, 4.69) is 15.4 Å². The van der Waals surface area contributed by atoms with Gasteiger partial charge in [-0.3, -0.25) is 4.79 Å². The third kappa shape index (κ3) is 5.18. The molecular weight excluding hydrogens is 558 g/mol. The Bertz CT molecular complexity index is 1550. The molecule has 1 N–H and O–H groups in total. The van der Waals surface area contributed by atoms with Crippen molar-refractivity contribution >= 4 is 86.0 Å². The van der Waals surface area contributed by atoms with E-state index in [1.165, 1.54) is 0 Å². The van der Waals surface area contributed by atoms with Gasteiger partial charge in [-0.15, -0.1) is 5.10 Å². The van der Waals surface area contributed by atoms with Gasteiger partial charge in [-0.05, 0) is 64.5 Å². The predicted octanol–water partition coefficient (Wildman–Crippen LogP) is 0.330. The Morgan fingerprint density at radius 3 is 1.88 bits per heavy atom. The Kier molecular flexibility index (Phi) is 7.21. The van der Waals surface area contributed by atoms with Crippen molar-refractivity contribution in [3.05, 3.63) is 59.9 Å². The molecule has 1 aromatic heterocycles. The Morgan fingerprint density at radius 1 is 0.814 bits per heavy atom. The molecule has 2 heterocycles. The summed E-state index contributed by atoms with van der Waals surface area (Å²) in [5, 5.41) is -4.06. The number of nitrogens with one attached hydrogen (secondary N) is 1. The molecule has 1 saturated heterocycles. The SMILES string of the molecule is [B]C1([B])N(C(=O)C2CC2)C([B])([B])C([B])([B])N(c2cc(Nc3ncn(-c4cc(F)cc(F)c4)n3)cc(C(F)(F)F)c2)C1([B])[B]. The number of carbonyl (C=O) groups is 1. The van der Waals surface area contributed by atoms with Gasteiger partial charge in [0.05, 0.1) is 74.0 Å². The van der Waals surface area contributed by atoms with Gasteiger partial charge in [0, 0.05) is 23.4 Å². The van der Waals surface area contributed by atoms with Crippen LogP contribution in [0.25, 0.3) is 5.69 Å². The maximum absolute atomic E-state index is 14.1. The summed E-state index contributed by atoms with van der Waals surface area (Å²) in [6.07, 6.45) is -2.98. The third-order valence-corrected chi connectivity index (χ3v) is 7.27. The Labute approximate surface area is 254 Å². The lowest BCUT2D eigenvalue weighted by Gasteiger charge is -2.76. The highest BCUT2D eigenvalue weighted by atomic mass is 19.4. The van der Waals surface area contributed by atoms with Crippen molar-refractivity contribution in [2.45, 2.75) is 40.4 Å². The number of anilines is 3. The fourth-order valence-corrected chi connectivity index (χ4v) is 4.85. The monoisotopic (exact) mass is 572 g/mol. The molecule has 2 aliphatic rings. The van der Waals surface area contributed by atoms with E-state index in [4.69, 9.17) is 62.8 Å². The highest BCUT2D eigenvalue weighted by Crippen LogP contribution is 2.48. The summed E-state index contributed by atoms with van der Waals surface area (Å²) in [5.74, 6) is -3.40. The first-order chi connectivity index (χ1) is 19.7. The van der Waals surface area contributed by atoms with Crippen molar-refractivity contribution < 1.29 is 26.7 Å². The Hall–Kier alpha value is -3.18. The number of hydrogen-bond acceptors (Lipinski definition) is 5. The highest BCUT2D eigenvalue weighted by molar-refractivity contribution is 6.63. The summed E-state index contributed by atoms with van der Waals surface area (Å²) >= 11 is 0. The molecular formula is C23H13B8F5N6O. The van der Waals surface area contributed by atoms with E-state index in [0.717, 1.165) is 29.2 Å². The predicted molar refractivity (Wildman–Crippen MR) is 155 cm³/mol. The van der Waals surface area contributed by atoms with Crippen molar-refractivity contribution in [3.8, 4) is 5.69 Å². The van der Waals surface area contributed by atoms with E-state index in [1.807, 2.05) is 0 Å². The third-order valence-electron chi connectivity index (χ3n) is 7.27. The molecule has 2 fully saturated rings. The zero-order valence-electron chi connectivity index (χ0n) is 22.2. The van der Waals surface area contributed by atoms with Gasteiger partial charge in [0.1, 0.15) is 18.0 Å². The number of carbonyl (C=O) groups excluding carboxylic acids is 1. The largest absolute Gasteiger partial charge is 0.416 e. The van der Waals surface area contributed by atoms with Crippen LogP contribution >= 0.6 is 0 Å². The first kappa shape index (κ1) is 31.3. The summed E-state index contributed by atoms with van der Waals surface area (Å²) in [7, 11) is 50.4. The fourth-order valence-electron chi connectivity index (χ4n) is 4.85. The van der Waals surface area contributed by atoms with Gasteiger partial charge in [-0.25, -0.2) is 13.5 Å². The molecule has 1 amide bonds. The van der Waals surface area contributed by atoms with E-state index in [0.29, 0.717) is 40.8 Å². The molecule has 200 valence electrons. The van der Waals surface area contributed by atoms with E-state index in [1.54, 1.807) is 0 Å². The van der Waals surface area contributed by atoms with Crippen molar-refractivity contribution in [1.82, 2.24) is 19.7 Å². The molecule has 0 spiro atoms. The molecule has 0 unspecified atom stereocenters. The lowest BCUT2D eigenvalue weighted by Crippen LogP contribution is -2.93. The summed E-state index contributed by atoms with van der Waals surface area (Å²) in [5.41, 5.74) is -2.15. The minimum atomic E-state index is -4.95. The number of benzene rings is 2. The standard InChI is InChI=1S/C23H13B8F5N6O/c24-20(25)22(28,29)42(17(43)10-1-2-10)23(30,31)21(26,27)41(20)16-4-11(19(34,35)36)3-14(8-16)38-18-37-9-40(39-18)15-6-12(32)5-13(33)7-15/h3-10H,1-2H2,(H,38,39). The average molecular weight is 571 g/mol. The zero-order valence-corrected chi connectivity index (χ0v) is 22.2. The molecule has 0 atom stereocenters. The normalized spacial score (nSPS) is 20.5. The van der Waals surface area contributed by atoms with Gasteiger partial charge >= 0.3 is 6.18 Å². The molecule has 1 aliphatic heterocycles. The molecule has 16 radical (unpaired) electrons. The van der Waals surface area contributed by atoms with Gasteiger partial charge < -0.3 is 15.1 Å². The van der Waals surface area contributed by atoms with Crippen LogP contribution in [0.1, 0.15) is 18.4 Å². The van der Waals surface area contributed by atoms with Crippen LogP contribution < -0.4 is 10.2 Å². The fraction of sp³-hybridized carbons (Fsp3) is 0.348. The van der Waals surface area contributed by atoms with Crippen molar-refractivity contribution in [2.75, 3.05) is 10.2 Å².